The molecule has 1 aromatic rings. The number of hydrogen-bond acceptors (Lipinski definition) is 3. The second kappa shape index (κ2) is 5.59. The lowest BCUT2D eigenvalue weighted by Crippen LogP contribution is -2.44. The average molecular weight is 233 g/mol. The summed E-state index contributed by atoms with van der Waals surface area (Å²) in [6, 6.07) is 9.56. The molecule has 0 aromatic heterocycles. The van der Waals surface area contributed by atoms with E-state index in [4.69, 9.17) is 4.74 Å². The number of morpholine rings is 1. The van der Waals surface area contributed by atoms with Gasteiger partial charge in [-0.1, -0.05) is 30.3 Å². The van der Waals surface area contributed by atoms with Gasteiger partial charge in [0.15, 0.2) is 5.78 Å². The first-order valence-electron chi connectivity index (χ1n) is 5.67. The summed E-state index contributed by atoms with van der Waals surface area (Å²) in [6.45, 7) is 1.32. The summed E-state index contributed by atoms with van der Waals surface area (Å²) in [7, 11) is 0. The minimum absolute atomic E-state index is 0.0615. The Morgan fingerprint density at radius 2 is 2.06 bits per heavy atom. The van der Waals surface area contributed by atoms with Crippen LogP contribution in [0.25, 0.3) is 0 Å². The molecule has 17 heavy (non-hydrogen) atoms. The summed E-state index contributed by atoms with van der Waals surface area (Å²) in [6.07, 6.45) is 0.380. The molecule has 4 heteroatoms. The second-order valence-corrected chi connectivity index (χ2v) is 4.07. The molecule has 90 valence electrons. The summed E-state index contributed by atoms with van der Waals surface area (Å²) >= 11 is 0. The fraction of sp³-hybridized carbons (Fsp3) is 0.385. The molecule has 1 amide bonds. The van der Waals surface area contributed by atoms with Gasteiger partial charge in [0.25, 0.3) is 0 Å². The predicted octanol–water partition coefficient (Wildman–Crippen LogP) is 0.657. The Bertz CT molecular complexity index is 402. The number of nitrogens with zero attached hydrogens (tertiary/aromatic N) is 1. The molecule has 1 aliphatic rings. The van der Waals surface area contributed by atoms with E-state index in [-0.39, 0.29) is 24.8 Å². The van der Waals surface area contributed by atoms with E-state index in [2.05, 4.69) is 0 Å². The highest BCUT2D eigenvalue weighted by Gasteiger charge is 2.20. The van der Waals surface area contributed by atoms with Crippen molar-refractivity contribution in [2.75, 3.05) is 26.3 Å². The van der Waals surface area contributed by atoms with Crippen molar-refractivity contribution in [3.05, 3.63) is 35.9 Å². The van der Waals surface area contributed by atoms with Gasteiger partial charge in [-0.3, -0.25) is 9.59 Å². The summed E-state index contributed by atoms with van der Waals surface area (Å²) < 4.78 is 5.01. The topological polar surface area (TPSA) is 46.6 Å². The molecular formula is C13H15NO3. The van der Waals surface area contributed by atoms with Crippen molar-refractivity contribution < 1.29 is 14.3 Å². The zero-order valence-corrected chi connectivity index (χ0v) is 9.59. The number of carbonyl (C=O) groups is 2. The van der Waals surface area contributed by atoms with Crippen molar-refractivity contribution in [1.82, 2.24) is 4.90 Å². The molecule has 1 aromatic carbocycles. The van der Waals surface area contributed by atoms with Crippen LogP contribution in [-0.2, 0) is 20.7 Å². The molecule has 0 saturated carbocycles. The Hall–Kier alpha value is -1.68. The van der Waals surface area contributed by atoms with Crippen LogP contribution in [0.3, 0.4) is 0 Å². The lowest BCUT2D eigenvalue weighted by Gasteiger charge is -2.26. The van der Waals surface area contributed by atoms with Crippen LogP contribution < -0.4 is 0 Å². The van der Waals surface area contributed by atoms with Crippen molar-refractivity contribution in [3.63, 3.8) is 0 Å². The maximum Gasteiger partial charge on any atom is 0.249 e. The summed E-state index contributed by atoms with van der Waals surface area (Å²) in [5.41, 5.74) is 0.984. The number of Topliss-reactive ketones (excluding diaryl/α,β-unsaturated/α-hetero) is 1. The highest BCUT2D eigenvalue weighted by molar-refractivity contribution is 5.88. The van der Waals surface area contributed by atoms with Crippen LogP contribution in [0, 0.1) is 0 Å². The number of ether oxygens (including phenoxy) is 1. The predicted molar refractivity (Wildman–Crippen MR) is 62.6 cm³/mol. The molecule has 0 atom stereocenters. The van der Waals surface area contributed by atoms with Crippen LogP contribution >= 0.6 is 0 Å². The molecule has 1 fully saturated rings. The normalized spacial score (nSPS) is 16.0. The minimum Gasteiger partial charge on any atom is -0.370 e. The van der Waals surface area contributed by atoms with Crippen LogP contribution in [0.5, 0.6) is 0 Å². The molecule has 0 radical (unpaired) electrons. The van der Waals surface area contributed by atoms with Gasteiger partial charge >= 0.3 is 0 Å². The lowest BCUT2D eigenvalue weighted by molar-refractivity contribution is -0.145. The quantitative estimate of drug-likeness (QED) is 0.767. The third-order valence-electron chi connectivity index (χ3n) is 2.70. The summed E-state index contributed by atoms with van der Waals surface area (Å²) in [4.78, 5) is 24.8. The molecule has 1 aliphatic heterocycles. The molecule has 1 saturated heterocycles. The first-order chi connectivity index (χ1) is 8.25. The van der Waals surface area contributed by atoms with Crippen molar-refractivity contribution in [2.45, 2.75) is 6.42 Å². The molecular weight excluding hydrogens is 218 g/mol. The molecule has 2 rings (SSSR count). The first kappa shape index (κ1) is 11.8. The van der Waals surface area contributed by atoms with E-state index in [0.717, 1.165) is 5.56 Å². The fourth-order valence-corrected chi connectivity index (χ4v) is 1.81. The van der Waals surface area contributed by atoms with E-state index in [1.807, 2.05) is 30.3 Å². The van der Waals surface area contributed by atoms with E-state index < -0.39 is 0 Å². The van der Waals surface area contributed by atoms with Gasteiger partial charge in [-0.05, 0) is 5.56 Å². The van der Waals surface area contributed by atoms with E-state index >= 15 is 0 Å². The molecule has 0 spiro atoms. The monoisotopic (exact) mass is 233 g/mol. The standard InChI is InChI=1S/C13H15NO3/c15-12(8-11-4-2-1-3-5-11)9-14-6-7-17-10-13(14)16/h1-5H,6-10H2. The third kappa shape index (κ3) is 3.39. The Morgan fingerprint density at radius 1 is 1.29 bits per heavy atom. The van der Waals surface area contributed by atoms with Gasteiger partial charge in [-0.15, -0.1) is 0 Å². The summed E-state index contributed by atoms with van der Waals surface area (Å²) in [5, 5.41) is 0. The van der Waals surface area contributed by atoms with Crippen molar-refractivity contribution in [1.29, 1.82) is 0 Å². The zero-order valence-electron chi connectivity index (χ0n) is 9.59. The van der Waals surface area contributed by atoms with Crippen LogP contribution in [0.2, 0.25) is 0 Å². The van der Waals surface area contributed by atoms with Crippen molar-refractivity contribution in [3.8, 4) is 0 Å². The molecule has 0 N–H and O–H groups in total. The number of benzene rings is 1. The molecule has 0 aliphatic carbocycles. The molecule has 0 bridgehead atoms. The highest BCUT2D eigenvalue weighted by atomic mass is 16.5. The summed E-state index contributed by atoms with van der Waals surface area (Å²) in [5.74, 6) is -0.0379. The smallest absolute Gasteiger partial charge is 0.249 e. The van der Waals surface area contributed by atoms with E-state index in [1.165, 1.54) is 0 Å². The maximum atomic E-state index is 11.8. The Kier molecular flexibility index (Phi) is 3.88. The number of hydrogen-bond donors (Lipinski definition) is 0. The molecule has 1 heterocycles. The van der Waals surface area contributed by atoms with Crippen LogP contribution in [0.15, 0.2) is 30.3 Å². The van der Waals surface area contributed by atoms with Crippen LogP contribution in [0.1, 0.15) is 5.56 Å². The average Bonchev–Trinajstić information content (AvgIpc) is 2.33. The zero-order chi connectivity index (χ0) is 12.1. The second-order valence-electron chi connectivity index (χ2n) is 4.07. The van der Waals surface area contributed by atoms with E-state index in [0.29, 0.717) is 19.6 Å². The van der Waals surface area contributed by atoms with Gasteiger partial charge in [0.2, 0.25) is 5.91 Å². The minimum atomic E-state index is -0.0994. The van der Waals surface area contributed by atoms with Gasteiger partial charge < -0.3 is 9.64 Å². The first-order valence-corrected chi connectivity index (χ1v) is 5.67. The largest absolute Gasteiger partial charge is 0.370 e. The maximum absolute atomic E-state index is 11.8. The van der Waals surface area contributed by atoms with Gasteiger partial charge in [0.1, 0.15) is 6.61 Å². The molecule has 4 nitrogen and oxygen atoms in total. The number of carbonyl (C=O) groups excluding carboxylic acids is 2. The number of rotatable bonds is 4. The van der Waals surface area contributed by atoms with Gasteiger partial charge in [0.05, 0.1) is 13.2 Å². The Balaban J connectivity index is 1.87. The number of ketones is 1. The van der Waals surface area contributed by atoms with E-state index in [1.54, 1.807) is 4.90 Å². The van der Waals surface area contributed by atoms with Gasteiger partial charge in [-0.25, -0.2) is 0 Å². The Labute approximate surface area is 100 Å². The molecule has 0 unspecified atom stereocenters. The van der Waals surface area contributed by atoms with Crippen LogP contribution in [-0.4, -0.2) is 42.9 Å². The lowest BCUT2D eigenvalue weighted by atomic mass is 10.1. The van der Waals surface area contributed by atoms with Crippen LogP contribution in [0.4, 0.5) is 0 Å². The number of amides is 1. The van der Waals surface area contributed by atoms with Gasteiger partial charge in [0, 0.05) is 13.0 Å². The van der Waals surface area contributed by atoms with E-state index in [9.17, 15) is 9.59 Å². The fourth-order valence-electron chi connectivity index (χ4n) is 1.81. The van der Waals surface area contributed by atoms with Crippen molar-refractivity contribution >= 4 is 11.7 Å². The van der Waals surface area contributed by atoms with Gasteiger partial charge in [-0.2, -0.15) is 0 Å². The highest BCUT2D eigenvalue weighted by Crippen LogP contribution is 2.03. The SMILES string of the molecule is O=C(Cc1ccccc1)CN1CCOCC1=O. The third-order valence-corrected chi connectivity index (χ3v) is 2.70. The Morgan fingerprint density at radius 3 is 2.76 bits per heavy atom. The van der Waals surface area contributed by atoms with Crippen molar-refractivity contribution in [2.24, 2.45) is 0 Å².